The van der Waals surface area contributed by atoms with Gasteiger partial charge in [-0.05, 0) is 42.3 Å². The van der Waals surface area contributed by atoms with E-state index in [1.807, 2.05) is 6.92 Å². The first-order valence-electron chi connectivity index (χ1n) is 5.87. The number of aliphatic hydroxyl groups is 1. The zero-order valence-corrected chi connectivity index (χ0v) is 11.2. The summed E-state index contributed by atoms with van der Waals surface area (Å²) in [4.78, 5) is 12.2. The van der Waals surface area contributed by atoms with Gasteiger partial charge in [0.1, 0.15) is 0 Å². The van der Waals surface area contributed by atoms with Crippen LogP contribution in [0.15, 0.2) is 42.5 Å². The zero-order valence-electron chi connectivity index (χ0n) is 10.5. The molecule has 0 aliphatic rings. The molecule has 0 aliphatic carbocycles. The third-order valence-electron chi connectivity index (χ3n) is 2.81. The van der Waals surface area contributed by atoms with Crippen molar-refractivity contribution in [3.63, 3.8) is 0 Å². The highest BCUT2D eigenvalue weighted by Crippen LogP contribution is 2.18. The van der Waals surface area contributed by atoms with Crippen molar-refractivity contribution in [2.45, 2.75) is 13.5 Å². The smallest absolute Gasteiger partial charge is 0.255 e. The van der Waals surface area contributed by atoms with E-state index in [-0.39, 0.29) is 12.5 Å². The molecule has 2 aromatic rings. The molecule has 2 rings (SSSR count). The van der Waals surface area contributed by atoms with E-state index < -0.39 is 0 Å². The Morgan fingerprint density at radius 3 is 2.79 bits per heavy atom. The number of anilines is 1. The first kappa shape index (κ1) is 13.6. The summed E-state index contributed by atoms with van der Waals surface area (Å²) < 4.78 is 0. The second kappa shape index (κ2) is 5.87. The van der Waals surface area contributed by atoms with Crippen LogP contribution >= 0.6 is 11.6 Å². The molecular formula is C15H14ClNO2. The predicted octanol–water partition coefficient (Wildman–Crippen LogP) is 3.39. The van der Waals surface area contributed by atoms with Crippen LogP contribution in [0.3, 0.4) is 0 Å². The average molecular weight is 276 g/mol. The Labute approximate surface area is 116 Å². The van der Waals surface area contributed by atoms with E-state index in [4.69, 9.17) is 16.7 Å². The summed E-state index contributed by atoms with van der Waals surface area (Å²) >= 11 is 5.90. The van der Waals surface area contributed by atoms with E-state index in [1.54, 1.807) is 42.5 Å². The minimum atomic E-state index is -0.213. The van der Waals surface area contributed by atoms with Gasteiger partial charge in [0.15, 0.2) is 0 Å². The molecule has 0 aromatic heterocycles. The van der Waals surface area contributed by atoms with Gasteiger partial charge >= 0.3 is 0 Å². The topological polar surface area (TPSA) is 49.3 Å². The lowest BCUT2D eigenvalue weighted by molar-refractivity contribution is 0.102. The number of halogens is 1. The fourth-order valence-electron chi connectivity index (χ4n) is 1.78. The number of hydrogen-bond acceptors (Lipinski definition) is 2. The average Bonchev–Trinajstić information content (AvgIpc) is 2.41. The zero-order chi connectivity index (χ0) is 13.8. The summed E-state index contributed by atoms with van der Waals surface area (Å²) in [5, 5.41) is 12.4. The van der Waals surface area contributed by atoms with Crippen molar-refractivity contribution in [3.8, 4) is 0 Å². The largest absolute Gasteiger partial charge is 0.392 e. The first-order chi connectivity index (χ1) is 9.10. The van der Waals surface area contributed by atoms with Crippen LogP contribution in [0.4, 0.5) is 5.69 Å². The molecule has 0 bridgehead atoms. The molecule has 0 saturated heterocycles. The van der Waals surface area contributed by atoms with Crippen molar-refractivity contribution in [1.82, 2.24) is 0 Å². The Hall–Kier alpha value is -1.84. The maximum absolute atomic E-state index is 12.2. The Bertz CT molecular complexity index is 611. The third kappa shape index (κ3) is 3.34. The van der Waals surface area contributed by atoms with Crippen LogP contribution in [0.2, 0.25) is 5.02 Å². The van der Waals surface area contributed by atoms with Gasteiger partial charge in [0.25, 0.3) is 5.91 Å². The van der Waals surface area contributed by atoms with Crippen LogP contribution in [0, 0.1) is 6.92 Å². The first-order valence-corrected chi connectivity index (χ1v) is 6.25. The van der Waals surface area contributed by atoms with E-state index in [0.29, 0.717) is 16.3 Å². The van der Waals surface area contributed by atoms with Crippen LogP contribution in [-0.4, -0.2) is 11.0 Å². The van der Waals surface area contributed by atoms with Gasteiger partial charge in [-0.25, -0.2) is 0 Å². The second-order valence-electron chi connectivity index (χ2n) is 4.27. The lowest BCUT2D eigenvalue weighted by Gasteiger charge is -2.09. The molecule has 0 aliphatic heterocycles. The number of benzene rings is 2. The van der Waals surface area contributed by atoms with Crippen molar-refractivity contribution >= 4 is 23.2 Å². The van der Waals surface area contributed by atoms with Crippen molar-refractivity contribution in [2.75, 3.05) is 5.32 Å². The molecule has 0 unspecified atom stereocenters. The van der Waals surface area contributed by atoms with E-state index >= 15 is 0 Å². The number of aliphatic hydroxyl groups excluding tert-OH is 1. The van der Waals surface area contributed by atoms with E-state index in [1.165, 1.54) is 0 Å². The van der Waals surface area contributed by atoms with Gasteiger partial charge in [-0.3, -0.25) is 4.79 Å². The highest BCUT2D eigenvalue weighted by molar-refractivity contribution is 6.31. The van der Waals surface area contributed by atoms with Gasteiger partial charge in [-0.1, -0.05) is 29.8 Å². The van der Waals surface area contributed by atoms with Gasteiger partial charge in [0, 0.05) is 16.3 Å². The summed E-state index contributed by atoms with van der Waals surface area (Å²) in [5.74, 6) is -0.213. The Balaban J connectivity index is 2.23. The Morgan fingerprint density at radius 1 is 1.26 bits per heavy atom. The molecule has 2 N–H and O–H groups in total. The lowest BCUT2D eigenvalue weighted by atomic mass is 10.1. The Kier molecular flexibility index (Phi) is 4.20. The minimum Gasteiger partial charge on any atom is -0.392 e. The number of amides is 1. The summed E-state index contributed by atoms with van der Waals surface area (Å²) in [6.45, 7) is 1.80. The SMILES string of the molecule is Cc1ccc(Cl)cc1C(=O)Nc1cccc(CO)c1. The molecule has 0 spiro atoms. The molecule has 2 aromatic carbocycles. The highest BCUT2D eigenvalue weighted by Gasteiger charge is 2.10. The molecule has 0 saturated carbocycles. The number of aryl methyl sites for hydroxylation is 1. The van der Waals surface area contributed by atoms with E-state index in [9.17, 15) is 4.79 Å². The molecule has 0 fully saturated rings. The molecule has 0 heterocycles. The van der Waals surface area contributed by atoms with Crippen LogP contribution < -0.4 is 5.32 Å². The summed E-state index contributed by atoms with van der Waals surface area (Å²) in [6.07, 6.45) is 0. The van der Waals surface area contributed by atoms with Crippen LogP contribution in [-0.2, 0) is 6.61 Å². The quantitative estimate of drug-likeness (QED) is 0.902. The molecule has 0 atom stereocenters. The monoisotopic (exact) mass is 275 g/mol. The molecule has 0 radical (unpaired) electrons. The number of carbonyl (C=O) groups is 1. The van der Waals surface area contributed by atoms with E-state index in [0.717, 1.165) is 11.1 Å². The van der Waals surface area contributed by atoms with E-state index in [2.05, 4.69) is 5.32 Å². The predicted molar refractivity (Wildman–Crippen MR) is 76.5 cm³/mol. The van der Waals surface area contributed by atoms with Crippen molar-refractivity contribution < 1.29 is 9.90 Å². The van der Waals surface area contributed by atoms with Crippen LogP contribution in [0.5, 0.6) is 0 Å². The van der Waals surface area contributed by atoms with Crippen molar-refractivity contribution in [2.24, 2.45) is 0 Å². The summed E-state index contributed by atoms with van der Waals surface area (Å²) in [7, 11) is 0. The molecule has 3 nitrogen and oxygen atoms in total. The van der Waals surface area contributed by atoms with Gasteiger partial charge in [0.2, 0.25) is 0 Å². The fraction of sp³-hybridized carbons (Fsp3) is 0.133. The van der Waals surface area contributed by atoms with Gasteiger partial charge in [-0.15, -0.1) is 0 Å². The van der Waals surface area contributed by atoms with Gasteiger partial charge in [0.05, 0.1) is 6.61 Å². The fourth-order valence-corrected chi connectivity index (χ4v) is 1.96. The second-order valence-corrected chi connectivity index (χ2v) is 4.71. The number of carbonyl (C=O) groups excluding carboxylic acids is 1. The molecule has 19 heavy (non-hydrogen) atoms. The van der Waals surface area contributed by atoms with Crippen LogP contribution in [0.25, 0.3) is 0 Å². The minimum absolute atomic E-state index is 0.0557. The number of rotatable bonds is 3. The molecule has 4 heteroatoms. The van der Waals surface area contributed by atoms with Crippen LogP contribution in [0.1, 0.15) is 21.5 Å². The maximum Gasteiger partial charge on any atom is 0.255 e. The summed E-state index contributed by atoms with van der Waals surface area (Å²) in [6, 6.07) is 12.3. The van der Waals surface area contributed by atoms with Gasteiger partial charge in [-0.2, -0.15) is 0 Å². The highest BCUT2D eigenvalue weighted by atomic mass is 35.5. The number of nitrogens with one attached hydrogen (secondary N) is 1. The molecule has 1 amide bonds. The maximum atomic E-state index is 12.2. The molecular weight excluding hydrogens is 262 g/mol. The molecule has 98 valence electrons. The Morgan fingerprint density at radius 2 is 2.05 bits per heavy atom. The summed E-state index contributed by atoms with van der Waals surface area (Å²) in [5.41, 5.74) is 2.80. The lowest BCUT2D eigenvalue weighted by Crippen LogP contribution is -2.13. The van der Waals surface area contributed by atoms with Crippen molar-refractivity contribution in [3.05, 3.63) is 64.2 Å². The van der Waals surface area contributed by atoms with Gasteiger partial charge < -0.3 is 10.4 Å². The third-order valence-corrected chi connectivity index (χ3v) is 3.05. The standard InChI is InChI=1S/C15H14ClNO2/c1-10-5-6-12(16)8-14(10)15(19)17-13-4-2-3-11(7-13)9-18/h2-8,18H,9H2,1H3,(H,17,19). The van der Waals surface area contributed by atoms with Crippen molar-refractivity contribution in [1.29, 1.82) is 0 Å². The normalized spacial score (nSPS) is 10.3. The number of hydrogen-bond donors (Lipinski definition) is 2.